The first-order valence-corrected chi connectivity index (χ1v) is 8.46. The smallest absolute Gasteiger partial charge is 0.242 e. The van der Waals surface area contributed by atoms with Gasteiger partial charge in [-0.2, -0.15) is 0 Å². The summed E-state index contributed by atoms with van der Waals surface area (Å²) in [7, 11) is 0. The summed E-state index contributed by atoms with van der Waals surface area (Å²) >= 11 is 1.50. The third kappa shape index (κ3) is 2.62. The predicted octanol–water partition coefficient (Wildman–Crippen LogP) is 1.75. The van der Waals surface area contributed by atoms with E-state index in [9.17, 15) is 9.90 Å². The fraction of sp³-hybridized carbons (Fsp3) is 0.312. The van der Waals surface area contributed by atoms with Crippen molar-refractivity contribution in [3.05, 3.63) is 35.2 Å². The second-order valence-corrected chi connectivity index (χ2v) is 6.38. The van der Waals surface area contributed by atoms with Gasteiger partial charge in [-0.05, 0) is 18.6 Å². The van der Waals surface area contributed by atoms with Crippen molar-refractivity contribution in [3.63, 3.8) is 0 Å². The first-order chi connectivity index (χ1) is 11.2. The zero-order chi connectivity index (χ0) is 15.8. The van der Waals surface area contributed by atoms with Gasteiger partial charge in [0.25, 0.3) is 0 Å². The lowest BCUT2D eigenvalue weighted by Crippen LogP contribution is -2.32. The van der Waals surface area contributed by atoms with Crippen LogP contribution in [0.4, 0.5) is 0 Å². The third-order valence-electron chi connectivity index (χ3n) is 4.13. The number of fused-ring (bicyclic) bond motifs is 1. The molecule has 118 valence electrons. The summed E-state index contributed by atoms with van der Waals surface area (Å²) in [6.45, 7) is 1.23. The molecule has 7 heteroatoms. The van der Waals surface area contributed by atoms with Gasteiger partial charge in [-0.1, -0.05) is 12.1 Å². The number of carbonyl (C=O) groups is 1. The maximum absolute atomic E-state index is 12.6. The summed E-state index contributed by atoms with van der Waals surface area (Å²) in [6, 6.07) is 7.77. The molecule has 1 amide bonds. The SMILES string of the molecule is O=C(Cn1c(-c2cscn2)nc2ccccc21)N1CC[C@@H](O)C1. The monoisotopic (exact) mass is 328 g/mol. The van der Waals surface area contributed by atoms with Gasteiger partial charge in [-0.3, -0.25) is 4.79 Å². The molecule has 0 radical (unpaired) electrons. The molecule has 0 bridgehead atoms. The van der Waals surface area contributed by atoms with Crippen molar-refractivity contribution < 1.29 is 9.90 Å². The number of hydrogen-bond donors (Lipinski definition) is 1. The van der Waals surface area contributed by atoms with Crippen LogP contribution in [0.25, 0.3) is 22.6 Å². The Hall–Kier alpha value is -2.25. The zero-order valence-corrected chi connectivity index (χ0v) is 13.2. The first-order valence-electron chi connectivity index (χ1n) is 7.52. The van der Waals surface area contributed by atoms with Crippen molar-refractivity contribution >= 4 is 28.3 Å². The highest BCUT2D eigenvalue weighted by Crippen LogP contribution is 2.25. The average Bonchev–Trinajstić information content (AvgIpc) is 3.27. The number of thiazole rings is 1. The summed E-state index contributed by atoms with van der Waals surface area (Å²) in [4.78, 5) is 23.3. The average molecular weight is 328 g/mol. The fourth-order valence-corrected chi connectivity index (χ4v) is 3.49. The maximum atomic E-state index is 12.6. The van der Waals surface area contributed by atoms with Crippen LogP contribution in [0, 0.1) is 0 Å². The van der Waals surface area contributed by atoms with E-state index in [0.717, 1.165) is 16.7 Å². The first kappa shape index (κ1) is 14.3. The molecular weight excluding hydrogens is 312 g/mol. The summed E-state index contributed by atoms with van der Waals surface area (Å²) in [5, 5.41) is 11.6. The van der Waals surface area contributed by atoms with E-state index in [-0.39, 0.29) is 12.5 Å². The fourth-order valence-electron chi connectivity index (χ4n) is 2.96. The predicted molar refractivity (Wildman–Crippen MR) is 88.0 cm³/mol. The quantitative estimate of drug-likeness (QED) is 0.795. The number of amides is 1. The lowest BCUT2D eigenvalue weighted by Gasteiger charge is -2.17. The molecule has 1 atom stereocenters. The highest BCUT2D eigenvalue weighted by Gasteiger charge is 2.26. The van der Waals surface area contributed by atoms with Crippen LogP contribution in [-0.4, -0.2) is 49.6 Å². The Morgan fingerprint density at radius 2 is 2.26 bits per heavy atom. The van der Waals surface area contributed by atoms with Gasteiger partial charge in [0.05, 0.1) is 22.6 Å². The van der Waals surface area contributed by atoms with Crippen molar-refractivity contribution in [2.45, 2.75) is 19.1 Å². The Balaban J connectivity index is 1.73. The number of β-amino-alcohol motifs (C(OH)–C–C–N with tert-alkyl or cyclic N) is 1. The highest BCUT2D eigenvalue weighted by molar-refractivity contribution is 7.07. The number of aliphatic hydroxyl groups is 1. The molecule has 1 saturated heterocycles. The van der Waals surface area contributed by atoms with Gasteiger partial charge < -0.3 is 14.6 Å². The van der Waals surface area contributed by atoms with Crippen LogP contribution in [-0.2, 0) is 11.3 Å². The molecule has 0 spiro atoms. The second kappa shape index (κ2) is 5.75. The Morgan fingerprint density at radius 3 is 3.00 bits per heavy atom. The van der Waals surface area contributed by atoms with Crippen LogP contribution in [0.1, 0.15) is 6.42 Å². The zero-order valence-electron chi connectivity index (χ0n) is 12.4. The number of hydrogen-bond acceptors (Lipinski definition) is 5. The molecule has 1 N–H and O–H groups in total. The van der Waals surface area contributed by atoms with E-state index < -0.39 is 6.10 Å². The highest BCUT2D eigenvalue weighted by atomic mass is 32.1. The number of aromatic nitrogens is 3. The number of carbonyl (C=O) groups excluding carboxylic acids is 1. The topological polar surface area (TPSA) is 71.2 Å². The minimum Gasteiger partial charge on any atom is -0.391 e. The van der Waals surface area contributed by atoms with Gasteiger partial charge >= 0.3 is 0 Å². The number of nitrogens with zero attached hydrogens (tertiary/aromatic N) is 4. The van der Waals surface area contributed by atoms with Crippen LogP contribution in [0.15, 0.2) is 35.2 Å². The summed E-state index contributed by atoms with van der Waals surface area (Å²) in [5.41, 5.74) is 4.31. The Kier molecular flexibility index (Phi) is 3.59. The van der Waals surface area contributed by atoms with E-state index in [1.165, 1.54) is 11.3 Å². The molecule has 0 unspecified atom stereocenters. The summed E-state index contributed by atoms with van der Waals surface area (Å²) < 4.78 is 1.91. The molecule has 1 aliphatic rings. The largest absolute Gasteiger partial charge is 0.391 e. The van der Waals surface area contributed by atoms with E-state index in [2.05, 4.69) is 9.97 Å². The van der Waals surface area contributed by atoms with Crippen LogP contribution in [0.2, 0.25) is 0 Å². The number of para-hydroxylation sites is 2. The van der Waals surface area contributed by atoms with Gasteiger partial charge in [0.15, 0.2) is 5.82 Å². The molecule has 1 aliphatic heterocycles. The van der Waals surface area contributed by atoms with E-state index >= 15 is 0 Å². The van der Waals surface area contributed by atoms with E-state index in [1.807, 2.05) is 34.2 Å². The minimum atomic E-state index is -0.406. The Labute approximate surface area is 137 Å². The van der Waals surface area contributed by atoms with Crippen LogP contribution in [0.3, 0.4) is 0 Å². The lowest BCUT2D eigenvalue weighted by molar-refractivity contribution is -0.131. The molecule has 1 fully saturated rings. The van der Waals surface area contributed by atoms with Crippen molar-refractivity contribution in [2.75, 3.05) is 13.1 Å². The van der Waals surface area contributed by atoms with Crippen LogP contribution < -0.4 is 0 Å². The molecule has 3 aromatic rings. The molecule has 0 saturated carbocycles. The summed E-state index contributed by atoms with van der Waals surface area (Å²) in [6.07, 6.45) is 0.242. The van der Waals surface area contributed by atoms with E-state index in [4.69, 9.17) is 0 Å². The molecule has 4 rings (SSSR count). The van der Waals surface area contributed by atoms with Crippen molar-refractivity contribution in [2.24, 2.45) is 0 Å². The minimum absolute atomic E-state index is 0.00110. The van der Waals surface area contributed by atoms with Crippen LogP contribution in [0.5, 0.6) is 0 Å². The van der Waals surface area contributed by atoms with Crippen molar-refractivity contribution in [3.8, 4) is 11.5 Å². The van der Waals surface area contributed by atoms with Gasteiger partial charge in [-0.15, -0.1) is 11.3 Å². The normalized spacial score (nSPS) is 18.0. The molecular formula is C16H16N4O2S. The lowest BCUT2D eigenvalue weighted by atomic mass is 10.3. The molecule has 0 aliphatic carbocycles. The summed E-state index contributed by atoms with van der Waals surface area (Å²) in [5.74, 6) is 0.710. The number of imidazole rings is 1. The van der Waals surface area contributed by atoms with Gasteiger partial charge in [0, 0.05) is 18.5 Å². The molecule has 6 nitrogen and oxygen atoms in total. The standard InChI is InChI=1S/C16H16N4O2S/c21-11-5-6-19(7-11)15(22)8-20-14-4-2-1-3-12(14)18-16(20)13-9-23-10-17-13/h1-4,9-11,21H,5-8H2/t11-/m1/s1. The van der Waals surface area contributed by atoms with E-state index in [1.54, 1.807) is 10.4 Å². The third-order valence-corrected chi connectivity index (χ3v) is 4.71. The van der Waals surface area contributed by atoms with Crippen LogP contribution >= 0.6 is 11.3 Å². The second-order valence-electron chi connectivity index (χ2n) is 5.67. The van der Waals surface area contributed by atoms with Crippen molar-refractivity contribution in [1.82, 2.24) is 19.4 Å². The van der Waals surface area contributed by atoms with E-state index in [0.29, 0.717) is 25.3 Å². The van der Waals surface area contributed by atoms with Gasteiger partial charge in [0.2, 0.25) is 5.91 Å². The van der Waals surface area contributed by atoms with Crippen molar-refractivity contribution in [1.29, 1.82) is 0 Å². The van der Waals surface area contributed by atoms with Gasteiger partial charge in [0.1, 0.15) is 12.2 Å². The molecule has 3 heterocycles. The number of likely N-dealkylation sites (tertiary alicyclic amines) is 1. The number of benzene rings is 1. The molecule has 2 aromatic heterocycles. The number of aliphatic hydroxyl groups excluding tert-OH is 1. The molecule has 1 aromatic carbocycles. The number of rotatable bonds is 3. The Bertz CT molecular complexity index is 843. The molecule has 23 heavy (non-hydrogen) atoms. The Morgan fingerprint density at radius 1 is 1.39 bits per heavy atom. The maximum Gasteiger partial charge on any atom is 0.242 e. The van der Waals surface area contributed by atoms with Gasteiger partial charge in [-0.25, -0.2) is 9.97 Å².